The summed E-state index contributed by atoms with van der Waals surface area (Å²) in [5, 5.41) is 0. The van der Waals surface area contributed by atoms with Gasteiger partial charge in [-0.05, 0) is 63.9 Å². The van der Waals surface area contributed by atoms with Crippen molar-refractivity contribution >= 4 is 0 Å². The smallest absolute Gasteiger partial charge is 0.124 e. The van der Waals surface area contributed by atoms with Gasteiger partial charge in [0.05, 0.1) is 7.11 Å². The zero-order valence-corrected chi connectivity index (χ0v) is 13.0. The molecule has 0 heterocycles. The van der Waals surface area contributed by atoms with Crippen LogP contribution in [-0.4, -0.2) is 31.6 Å². The van der Waals surface area contributed by atoms with Crippen LogP contribution in [-0.2, 0) is 6.54 Å². The van der Waals surface area contributed by atoms with Crippen molar-refractivity contribution in [3.63, 3.8) is 0 Å². The maximum atomic E-state index is 5.77. The summed E-state index contributed by atoms with van der Waals surface area (Å²) in [5.74, 6) is 1.00. The zero-order valence-electron chi connectivity index (χ0n) is 13.0. The first-order valence-electron chi connectivity index (χ1n) is 7.02. The lowest BCUT2D eigenvalue weighted by atomic mass is 10.1. The van der Waals surface area contributed by atoms with Crippen molar-refractivity contribution in [1.82, 2.24) is 4.90 Å². The van der Waals surface area contributed by atoms with E-state index < -0.39 is 0 Å². The van der Waals surface area contributed by atoms with E-state index in [-0.39, 0.29) is 0 Å². The molecular weight excluding hydrogens is 236 g/mol. The topological polar surface area (TPSA) is 38.5 Å². The van der Waals surface area contributed by atoms with Crippen LogP contribution in [0.1, 0.15) is 36.5 Å². The summed E-state index contributed by atoms with van der Waals surface area (Å²) in [5.41, 5.74) is 9.54. The normalized spacial score (nSPS) is 12.8. The Labute approximate surface area is 117 Å². The molecule has 0 amide bonds. The highest BCUT2D eigenvalue weighted by Crippen LogP contribution is 2.24. The fraction of sp³-hybridized carbons (Fsp3) is 0.625. The van der Waals surface area contributed by atoms with Crippen LogP contribution in [0.2, 0.25) is 0 Å². The van der Waals surface area contributed by atoms with Crippen LogP contribution in [0.3, 0.4) is 0 Å². The molecule has 0 spiro atoms. The van der Waals surface area contributed by atoms with Crippen LogP contribution in [0, 0.1) is 13.8 Å². The molecule has 0 fully saturated rings. The van der Waals surface area contributed by atoms with Crippen molar-refractivity contribution in [2.45, 2.75) is 46.2 Å². The molecule has 108 valence electrons. The third-order valence-electron chi connectivity index (χ3n) is 3.38. The van der Waals surface area contributed by atoms with Gasteiger partial charge in [0.1, 0.15) is 5.75 Å². The lowest BCUT2D eigenvalue weighted by Crippen LogP contribution is -2.22. The number of hydrogen-bond acceptors (Lipinski definition) is 3. The number of nitrogens with two attached hydrogens (primary N) is 1. The Bertz CT molecular complexity index is 379. The summed E-state index contributed by atoms with van der Waals surface area (Å²) >= 11 is 0. The second kappa shape index (κ2) is 7.51. The van der Waals surface area contributed by atoms with Gasteiger partial charge < -0.3 is 15.4 Å². The minimum atomic E-state index is 0.305. The SMILES string of the molecule is COc1c(C)cc(CN(C)CCCC(C)N)cc1C. The molecule has 2 N–H and O–H groups in total. The molecule has 0 radical (unpaired) electrons. The van der Waals surface area contributed by atoms with Crippen molar-refractivity contribution in [1.29, 1.82) is 0 Å². The van der Waals surface area contributed by atoms with E-state index in [2.05, 4.69) is 44.9 Å². The van der Waals surface area contributed by atoms with E-state index in [1.54, 1.807) is 7.11 Å². The minimum Gasteiger partial charge on any atom is -0.496 e. The Morgan fingerprint density at radius 2 is 1.84 bits per heavy atom. The van der Waals surface area contributed by atoms with Crippen LogP contribution in [0.15, 0.2) is 12.1 Å². The van der Waals surface area contributed by atoms with Gasteiger partial charge in [-0.25, -0.2) is 0 Å². The maximum absolute atomic E-state index is 5.77. The number of hydrogen-bond donors (Lipinski definition) is 1. The molecule has 1 aromatic rings. The zero-order chi connectivity index (χ0) is 14.4. The maximum Gasteiger partial charge on any atom is 0.124 e. The van der Waals surface area contributed by atoms with Crippen LogP contribution in [0.5, 0.6) is 5.75 Å². The third-order valence-corrected chi connectivity index (χ3v) is 3.38. The highest BCUT2D eigenvalue weighted by molar-refractivity contribution is 5.43. The average Bonchev–Trinajstić information content (AvgIpc) is 2.27. The van der Waals surface area contributed by atoms with Crippen LogP contribution >= 0.6 is 0 Å². The molecule has 3 nitrogen and oxygen atoms in total. The Kier molecular flexibility index (Phi) is 6.32. The molecule has 0 saturated heterocycles. The summed E-state index contributed by atoms with van der Waals surface area (Å²) in [6.45, 7) is 8.34. The van der Waals surface area contributed by atoms with E-state index >= 15 is 0 Å². The average molecular weight is 264 g/mol. The molecule has 3 heteroatoms. The molecule has 0 aliphatic heterocycles. The summed E-state index contributed by atoms with van der Waals surface area (Å²) in [6.07, 6.45) is 2.24. The number of ether oxygens (including phenoxy) is 1. The van der Waals surface area contributed by atoms with Gasteiger partial charge in [0, 0.05) is 12.6 Å². The first-order chi connectivity index (χ1) is 8.93. The van der Waals surface area contributed by atoms with Gasteiger partial charge in [0.15, 0.2) is 0 Å². The molecule has 0 aliphatic rings. The molecule has 0 aromatic heterocycles. The largest absolute Gasteiger partial charge is 0.496 e. The molecule has 0 aliphatic carbocycles. The fourth-order valence-corrected chi connectivity index (χ4v) is 2.53. The van der Waals surface area contributed by atoms with Crippen molar-refractivity contribution in [3.8, 4) is 5.75 Å². The van der Waals surface area contributed by atoms with Crippen LogP contribution < -0.4 is 10.5 Å². The standard InChI is InChI=1S/C16H28N2O/c1-12-9-15(10-13(2)16(12)19-5)11-18(4)8-6-7-14(3)17/h9-10,14H,6-8,11,17H2,1-5H3. The molecule has 1 unspecified atom stereocenters. The monoisotopic (exact) mass is 264 g/mol. The predicted molar refractivity (Wildman–Crippen MR) is 81.7 cm³/mol. The van der Waals surface area contributed by atoms with Crippen LogP contribution in [0.25, 0.3) is 0 Å². The second-order valence-electron chi connectivity index (χ2n) is 5.62. The van der Waals surface area contributed by atoms with E-state index in [0.717, 1.165) is 31.7 Å². The van der Waals surface area contributed by atoms with Crippen molar-refractivity contribution in [2.75, 3.05) is 20.7 Å². The van der Waals surface area contributed by atoms with Gasteiger partial charge in [0.25, 0.3) is 0 Å². The minimum absolute atomic E-state index is 0.305. The third kappa shape index (κ3) is 5.21. The molecule has 0 bridgehead atoms. The second-order valence-corrected chi connectivity index (χ2v) is 5.62. The number of methoxy groups -OCH3 is 1. The first kappa shape index (κ1) is 16.0. The van der Waals surface area contributed by atoms with Crippen molar-refractivity contribution in [3.05, 3.63) is 28.8 Å². The highest BCUT2D eigenvalue weighted by Gasteiger charge is 2.07. The van der Waals surface area contributed by atoms with E-state index in [9.17, 15) is 0 Å². The summed E-state index contributed by atoms with van der Waals surface area (Å²) < 4.78 is 5.40. The van der Waals surface area contributed by atoms with E-state index in [4.69, 9.17) is 10.5 Å². The summed E-state index contributed by atoms with van der Waals surface area (Å²) in [6, 6.07) is 4.74. The lowest BCUT2D eigenvalue weighted by molar-refractivity contribution is 0.315. The Balaban J connectivity index is 2.57. The van der Waals surface area contributed by atoms with Crippen molar-refractivity contribution < 1.29 is 4.74 Å². The number of aryl methyl sites for hydroxylation is 2. The molecule has 19 heavy (non-hydrogen) atoms. The molecule has 0 saturated carbocycles. The van der Waals surface area contributed by atoms with Gasteiger partial charge in [-0.3, -0.25) is 0 Å². The molecule has 1 rings (SSSR count). The summed E-state index contributed by atoms with van der Waals surface area (Å²) in [7, 11) is 3.89. The molecular formula is C16H28N2O. The van der Waals surface area contributed by atoms with E-state index in [0.29, 0.717) is 6.04 Å². The van der Waals surface area contributed by atoms with E-state index in [1.807, 2.05) is 0 Å². The first-order valence-corrected chi connectivity index (χ1v) is 7.02. The van der Waals surface area contributed by atoms with Gasteiger partial charge in [-0.1, -0.05) is 12.1 Å². The number of benzene rings is 1. The number of nitrogens with zero attached hydrogens (tertiary/aromatic N) is 1. The molecule has 1 atom stereocenters. The Hall–Kier alpha value is -1.06. The van der Waals surface area contributed by atoms with Gasteiger partial charge in [0.2, 0.25) is 0 Å². The summed E-state index contributed by atoms with van der Waals surface area (Å²) in [4.78, 5) is 2.35. The van der Waals surface area contributed by atoms with Gasteiger partial charge in [-0.2, -0.15) is 0 Å². The van der Waals surface area contributed by atoms with Crippen LogP contribution in [0.4, 0.5) is 0 Å². The fourth-order valence-electron chi connectivity index (χ4n) is 2.53. The number of rotatable bonds is 7. The molecule has 1 aromatic carbocycles. The lowest BCUT2D eigenvalue weighted by Gasteiger charge is -2.19. The highest BCUT2D eigenvalue weighted by atomic mass is 16.5. The van der Waals surface area contributed by atoms with Gasteiger partial charge in [-0.15, -0.1) is 0 Å². The van der Waals surface area contributed by atoms with E-state index in [1.165, 1.54) is 16.7 Å². The quantitative estimate of drug-likeness (QED) is 0.823. The van der Waals surface area contributed by atoms with Crippen molar-refractivity contribution in [2.24, 2.45) is 5.73 Å². The predicted octanol–water partition coefficient (Wildman–Crippen LogP) is 2.87. The van der Waals surface area contributed by atoms with Gasteiger partial charge >= 0.3 is 0 Å². The Morgan fingerprint density at radius 1 is 1.26 bits per heavy atom. The Morgan fingerprint density at radius 3 is 2.32 bits per heavy atom.